The van der Waals surface area contributed by atoms with Crippen LogP contribution in [0.5, 0.6) is 0 Å². The number of aliphatic imine (C=N–C) groups is 1. The number of benzene rings is 1. The molecule has 0 radical (unpaired) electrons. The maximum atomic E-state index is 4.70. The van der Waals surface area contributed by atoms with E-state index in [9.17, 15) is 0 Å². The SMILES string of the molecule is CCNC(=NCCc1nccn1Cc1ccccc1)NCCn1cnnc1CC. The summed E-state index contributed by atoms with van der Waals surface area (Å²) < 4.78 is 4.25. The lowest BCUT2D eigenvalue weighted by Gasteiger charge is -2.12. The fourth-order valence-electron chi connectivity index (χ4n) is 3.14. The summed E-state index contributed by atoms with van der Waals surface area (Å²) in [7, 11) is 0. The first kappa shape index (κ1) is 20.6. The molecule has 0 saturated heterocycles. The van der Waals surface area contributed by atoms with E-state index in [-0.39, 0.29) is 0 Å². The van der Waals surface area contributed by atoms with Crippen LogP contribution >= 0.6 is 0 Å². The van der Waals surface area contributed by atoms with Gasteiger partial charge in [0.05, 0.1) is 0 Å². The molecule has 0 fully saturated rings. The molecule has 0 unspecified atom stereocenters. The Morgan fingerprint density at radius 1 is 1.07 bits per heavy atom. The van der Waals surface area contributed by atoms with Gasteiger partial charge in [0.15, 0.2) is 5.96 Å². The third-order valence-corrected chi connectivity index (χ3v) is 4.60. The van der Waals surface area contributed by atoms with Gasteiger partial charge >= 0.3 is 0 Å². The molecule has 8 heteroatoms. The monoisotopic (exact) mass is 394 g/mol. The molecule has 0 saturated carbocycles. The molecule has 29 heavy (non-hydrogen) atoms. The van der Waals surface area contributed by atoms with E-state index in [1.807, 2.05) is 18.5 Å². The van der Waals surface area contributed by atoms with Crippen molar-refractivity contribution in [2.45, 2.75) is 39.8 Å². The number of imidazole rings is 1. The van der Waals surface area contributed by atoms with Gasteiger partial charge in [0.2, 0.25) is 0 Å². The van der Waals surface area contributed by atoms with Crippen LogP contribution in [0.15, 0.2) is 54.0 Å². The van der Waals surface area contributed by atoms with E-state index in [0.29, 0.717) is 6.54 Å². The molecule has 0 amide bonds. The molecule has 1 aromatic carbocycles. The lowest BCUT2D eigenvalue weighted by molar-refractivity contribution is 0.632. The summed E-state index contributed by atoms with van der Waals surface area (Å²) in [6.07, 6.45) is 7.33. The first-order valence-corrected chi connectivity index (χ1v) is 10.2. The van der Waals surface area contributed by atoms with Gasteiger partial charge in [-0.15, -0.1) is 10.2 Å². The second-order valence-corrected chi connectivity index (χ2v) is 6.69. The summed E-state index contributed by atoms with van der Waals surface area (Å²) in [6.45, 7) is 8.05. The number of guanidine groups is 1. The number of aryl methyl sites for hydroxylation is 1. The van der Waals surface area contributed by atoms with E-state index in [1.54, 1.807) is 6.33 Å². The highest BCUT2D eigenvalue weighted by atomic mass is 15.3. The lowest BCUT2D eigenvalue weighted by Crippen LogP contribution is -2.39. The van der Waals surface area contributed by atoms with Crippen LogP contribution in [0.4, 0.5) is 0 Å². The zero-order chi connectivity index (χ0) is 20.3. The van der Waals surface area contributed by atoms with Gasteiger partial charge in [-0.2, -0.15) is 0 Å². The number of nitrogens with zero attached hydrogens (tertiary/aromatic N) is 6. The predicted octanol–water partition coefficient (Wildman–Crippen LogP) is 1.88. The second-order valence-electron chi connectivity index (χ2n) is 6.69. The Balaban J connectivity index is 1.51. The van der Waals surface area contributed by atoms with Gasteiger partial charge in [0.1, 0.15) is 18.0 Å². The molecule has 0 aliphatic rings. The van der Waals surface area contributed by atoms with E-state index >= 15 is 0 Å². The Morgan fingerprint density at radius 2 is 1.93 bits per heavy atom. The first-order valence-electron chi connectivity index (χ1n) is 10.2. The van der Waals surface area contributed by atoms with Crippen molar-refractivity contribution in [3.63, 3.8) is 0 Å². The van der Waals surface area contributed by atoms with Crippen LogP contribution in [0, 0.1) is 0 Å². The minimum atomic E-state index is 0.675. The normalized spacial score (nSPS) is 11.6. The molecule has 8 nitrogen and oxygen atoms in total. The first-order chi connectivity index (χ1) is 14.3. The molecule has 0 aliphatic heterocycles. The van der Waals surface area contributed by atoms with Crippen molar-refractivity contribution in [2.24, 2.45) is 4.99 Å². The van der Waals surface area contributed by atoms with Gasteiger partial charge in [-0.3, -0.25) is 4.99 Å². The smallest absolute Gasteiger partial charge is 0.191 e. The number of hydrogen-bond donors (Lipinski definition) is 2. The Hall–Kier alpha value is -3.16. The molecule has 0 spiro atoms. The fraction of sp³-hybridized carbons (Fsp3) is 0.429. The average molecular weight is 395 g/mol. The van der Waals surface area contributed by atoms with Gasteiger partial charge in [0.25, 0.3) is 0 Å². The number of aromatic nitrogens is 5. The van der Waals surface area contributed by atoms with Crippen molar-refractivity contribution >= 4 is 5.96 Å². The maximum absolute atomic E-state index is 4.70. The second kappa shape index (κ2) is 11.0. The molecular weight excluding hydrogens is 364 g/mol. The Labute approximate surface area is 172 Å². The summed E-state index contributed by atoms with van der Waals surface area (Å²) in [5.41, 5.74) is 1.27. The summed E-state index contributed by atoms with van der Waals surface area (Å²) in [5, 5.41) is 14.8. The maximum Gasteiger partial charge on any atom is 0.191 e. The van der Waals surface area contributed by atoms with Gasteiger partial charge in [-0.05, 0) is 12.5 Å². The minimum absolute atomic E-state index is 0.675. The van der Waals surface area contributed by atoms with Crippen LogP contribution in [0.2, 0.25) is 0 Å². The van der Waals surface area contributed by atoms with E-state index in [0.717, 1.165) is 56.6 Å². The van der Waals surface area contributed by atoms with Crippen LogP contribution in [0.3, 0.4) is 0 Å². The number of rotatable bonds is 10. The zero-order valence-electron chi connectivity index (χ0n) is 17.3. The Kier molecular flexibility index (Phi) is 7.80. The molecule has 0 bridgehead atoms. The van der Waals surface area contributed by atoms with Gasteiger partial charge < -0.3 is 19.8 Å². The largest absolute Gasteiger partial charge is 0.357 e. The minimum Gasteiger partial charge on any atom is -0.357 e. The molecular formula is C21H30N8. The number of hydrogen-bond acceptors (Lipinski definition) is 4. The summed E-state index contributed by atoms with van der Waals surface area (Å²) in [5.74, 6) is 2.87. The molecule has 2 aromatic heterocycles. The van der Waals surface area contributed by atoms with Gasteiger partial charge in [0, 0.05) is 58.0 Å². The van der Waals surface area contributed by atoms with E-state index in [2.05, 4.69) is 73.1 Å². The summed E-state index contributed by atoms with van der Waals surface area (Å²) in [4.78, 5) is 9.20. The zero-order valence-corrected chi connectivity index (χ0v) is 17.3. The standard InChI is InChI=1S/C21H30N8/c1-3-19-27-26-17-29(19)15-13-25-21(22-4-2)24-11-10-20-23-12-14-28(20)16-18-8-6-5-7-9-18/h5-9,12,14,17H,3-4,10-11,13,15-16H2,1-2H3,(H2,22,24,25). The Bertz CT molecular complexity index is 881. The van der Waals surface area contributed by atoms with Crippen molar-refractivity contribution in [3.8, 4) is 0 Å². The van der Waals surface area contributed by atoms with E-state index in [4.69, 9.17) is 4.99 Å². The topological polar surface area (TPSA) is 85.0 Å². The van der Waals surface area contributed by atoms with Crippen molar-refractivity contribution in [1.29, 1.82) is 0 Å². The molecule has 3 aromatic rings. The highest BCUT2D eigenvalue weighted by Crippen LogP contribution is 2.06. The van der Waals surface area contributed by atoms with Crippen LogP contribution < -0.4 is 10.6 Å². The molecule has 3 rings (SSSR count). The average Bonchev–Trinajstić information content (AvgIpc) is 3.38. The molecule has 0 atom stereocenters. The van der Waals surface area contributed by atoms with Crippen molar-refractivity contribution in [3.05, 3.63) is 66.3 Å². The van der Waals surface area contributed by atoms with E-state index in [1.165, 1.54) is 5.56 Å². The fourth-order valence-corrected chi connectivity index (χ4v) is 3.14. The van der Waals surface area contributed by atoms with Crippen molar-refractivity contribution in [2.75, 3.05) is 19.6 Å². The Morgan fingerprint density at radius 3 is 2.72 bits per heavy atom. The number of nitrogens with one attached hydrogen (secondary N) is 2. The summed E-state index contributed by atoms with van der Waals surface area (Å²) in [6, 6.07) is 10.4. The highest BCUT2D eigenvalue weighted by Gasteiger charge is 2.05. The predicted molar refractivity (Wildman–Crippen MR) is 115 cm³/mol. The van der Waals surface area contributed by atoms with Crippen LogP contribution in [0.25, 0.3) is 0 Å². The molecule has 2 heterocycles. The van der Waals surface area contributed by atoms with Gasteiger partial charge in [-0.1, -0.05) is 37.3 Å². The van der Waals surface area contributed by atoms with Crippen molar-refractivity contribution in [1.82, 2.24) is 34.9 Å². The molecule has 0 aliphatic carbocycles. The molecule has 154 valence electrons. The highest BCUT2D eigenvalue weighted by molar-refractivity contribution is 5.79. The van der Waals surface area contributed by atoms with Crippen LogP contribution in [-0.2, 0) is 25.9 Å². The van der Waals surface area contributed by atoms with Crippen LogP contribution in [0.1, 0.15) is 31.1 Å². The van der Waals surface area contributed by atoms with Crippen LogP contribution in [-0.4, -0.2) is 49.9 Å². The summed E-state index contributed by atoms with van der Waals surface area (Å²) >= 11 is 0. The van der Waals surface area contributed by atoms with E-state index < -0.39 is 0 Å². The lowest BCUT2D eigenvalue weighted by atomic mass is 10.2. The third-order valence-electron chi connectivity index (χ3n) is 4.60. The molecule has 2 N–H and O–H groups in total. The van der Waals surface area contributed by atoms with Crippen molar-refractivity contribution < 1.29 is 0 Å². The van der Waals surface area contributed by atoms with Gasteiger partial charge in [-0.25, -0.2) is 4.98 Å². The quantitative estimate of drug-likeness (QED) is 0.405. The third kappa shape index (κ3) is 6.17.